The van der Waals surface area contributed by atoms with Crippen molar-refractivity contribution in [2.24, 2.45) is 5.92 Å². The number of hydrogen-bond acceptors (Lipinski definition) is 4. The number of H-pyrrole nitrogens is 1. The minimum atomic E-state index is -0.00335. The van der Waals surface area contributed by atoms with Crippen molar-refractivity contribution < 1.29 is 4.79 Å². The van der Waals surface area contributed by atoms with Crippen LogP contribution in [0.5, 0.6) is 0 Å². The molecule has 0 saturated carbocycles. The van der Waals surface area contributed by atoms with E-state index < -0.39 is 0 Å². The molecule has 2 N–H and O–H groups in total. The molecule has 24 heavy (non-hydrogen) atoms. The maximum atomic E-state index is 12.0. The molecule has 3 aromatic rings. The highest BCUT2D eigenvalue weighted by Crippen LogP contribution is 2.18. The van der Waals surface area contributed by atoms with E-state index in [0.29, 0.717) is 18.9 Å². The number of carbonyl (C=O) groups excluding carboxylic acids is 1. The molecule has 0 aliphatic carbocycles. The van der Waals surface area contributed by atoms with Gasteiger partial charge in [-0.3, -0.25) is 9.48 Å². The maximum absolute atomic E-state index is 12.0. The van der Waals surface area contributed by atoms with Crippen LogP contribution in [0.15, 0.2) is 30.9 Å². The van der Waals surface area contributed by atoms with Crippen molar-refractivity contribution in [3.05, 3.63) is 36.7 Å². The number of anilines is 1. The van der Waals surface area contributed by atoms with Crippen molar-refractivity contribution >= 4 is 22.6 Å². The number of aromatic nitrogens is 5. The number of fused-ring (bicyclic) bond motifs is 1. The minimum absolute atomic E-state index is 0.00335. The molecule has 0 unspecified atom stereocenters. The Morgan fingerprint density at radius 3 is 3.00 bits per heavy atom. The molecule has 2 heterocycles. The number of rotatable bonds is 7. The zero-order valence-electron chi connectivity index (χ0n) is 14.0. The number of aromatic amines is 1. The number of imidazole rings is 1. The summed E-state index contributed by atoms with van der Waals surface area (Å²) >= 11 is 0. The van der Waals surface area contributed by atoms with E-state index in [-0.39, 0.29) is 5.91 Å². The third kappa shape index (κ3) is 4.18. The zero-order valence-corrected chi connectivity index (χ0v) is 14.0. The molecule has 7 nitrogen and oxygen atoms in total. The summed E-state index contributed by atoms with van der Waals surface area (Å²) in [5.74, 6) is 1.53. The number of aryl methyl sites for hydroxylation is 1. The first-order valence-corrected chi connectivity index (χ1v) is 8.21. The summed E-state index contributed by atoms with van der Waals surface area (Å²) in [6, 6.07) is 5.75. The normalized spacial score (nSPS) is 11.3. The van der Waals surface area contributed by atoms with E-state index in [1.807, 2.05) is 18.2 Å². The number of amides is 1. The third-order valence-corrected chi connectivity index (χ3v) is 3.67. The Bertz CT molecular complexity index is 806. The van der Waals surface area contributed by atoms with Crippen molar-refractivity contribution in [3.8, 4) is 0 Å². The summed E-state index contributed by atoms with van der Waals surface area (Å²) in [6.07, 6.45) is 5.23. The van der Waals surface area contributed by atoms with Gasteiger partial charge in [0.2, 0.25) is 5.91 Å². The number of benzene rings is 1. The molecule has 0 aliphatic heterocycles. The minimum Gasteiger partial charge on any atom is -0.342 e. The lowest BCUT2D eigenvalue weighted by atomic mass is 10.1. The average molecular weight is 326 g/mol. The van der Waals surface area contributed by atoms with Gasteiger partial charge in [0, 0.05) is 25.1 Å². The third-order valence-electron chi connectivity index (χ3n) is 3.67. The van der Waals surface area contributed by atoms with Crippen LogP contribution in [-0.4, -0.2) is 30.6 Å². The molecular formula is C17H22N6O. The molecule has 7 heteroatoms. The van der Waals surface area contributed by atoms with Crippen LogP contribution in [-0.2, 0) is 17.8 Å². The van der Waals surface area contributed by atoms with Crippen molar-refractivity contribution in [1.29, 1.82) is 0 Å². The van der Waals surface area contributed by atoms with Gasteiger partial charge in [-0.25, -0.2) is 9.97 Å². The Labute approximate surface area is 140 Å². The van der Waals surface area contributed by atoms with Crippen molar-refractivity contribution in [2.45, 2.75) is 39.7 Å². The first kappa shape index (κ1) is 16.2. The van der Waals surface area contributed by atoms with Crippen LogP contribution < -0.4 is 5.32 Å². The van der Waals surface area contributed by atoms with Crippen LogP contribution in [0.2, 0.25) is 0 Å². The molecule has 0 radical (unpaired) electrons. The summed E-state index contributed by atoms with van der Waals surface area (Å²) in [5, 5.41) is 6.95. The van der Waals surface area contributed by atoms with Gasteiger partial charge in [-0.15, -0.1) is 0 Å². The molecule has 1 amide bonds. The van der Waals surface area contributed by atoms with Gasteiger partial charge in [0.1, 0.15) is 18.5 Å². The average Bonchev–Trinajstić information content (AvgIpc) is 3.15. The highest BCUT2D eigenvalue weighted by atomic mass is 16.1. The monoisotopic (exact) mass is 326 g/mol. The Hall–Kier alpha value is -2.70. The fourth-order valence-corrected chi connectivity index (χ4v) is 2.60. The van der Waals surface area contributed by atoms with E-state index in [4.69, 9.17) is 0 Å². The standard InChI is InChI=1S/C17H22N6O/c1-12(2)8-16-21-14-6-5-13(9-15(14)22-16)20-17(24)4-3-7-23-11-18-10-19-23/h5-6,9-12H,3-4,7-8H2,1-2H3,(H,20,24)(H,21,22). The predicted molar refractivity (Wildman–Crippen MR) is 92.5 cm³/mol. The lowest BCUT2D eigenvalue weighted by Gasteiger charge is -2.05. The summed E-state index contributed by atoms with van der Waals surface area (Å²) in [5.41, 5.74) is 2.66. The fourth-order valence-electron chi connectivity index (χ4n) is 2.60. The van der Waals surface area contributed by atoms with E-state index >= 15 is 0 Å². The molecule has 0 atom stereocenters. The van der Waals surface area contributed by atoms with Gasteiger partial charge in [-0.05, 0) is 30.5 Å². The number of nitrogens with one attached hydrogen (secondary N) is 2. The highest BCUT2D eigenvalue weighted by molar-refractivity contribution is 5.93. The van der Waals surface area contributed by atoms with E-state index in [1.165, 1.54) is 6.33 Å². The first-order valence-electron chi connectivity index (χ1n) is 8.21. The summed E-state index contributed by atoms with van der Waals surface area (Å²) in [7, 11) is 0. The Morgan fingerprint density at radius 1 is 1.38 bits per heavy atom. The predicted octanol–water partition coefficient (Wildman–Crippen LogP) is 2.77. The molecule has 0 fully saturated rings. The van der Waals surface area contributed by atoms with Crippen LogP contribution in [0, 0.1) is 5.92 Å². The molecule has 3 rings (SSSR count). The fraction of sp³-hybridized carbons (Fsp3) is 0.412. The maximum Gasteiger partial charge on any atom is 0.224 e. The van der Waals surface area contributed by atoms with E-state index in [9.17, 15) is 4.79 Å². The smallest absolute Gasteiger partial charge is 0.224 e. The second kappa shape index (κ2) is 7.25. The van der Waals surface area contributed by atoms with E-state index in [2.05, 4.69) is 39.2 Å². The van der Waals surface area contributed by atoms with E-state index in [1.54, 1.807) is 11.0 Å². The van der Waals surface area contributed by atoms with Gasteiger partial charge in [-0.2, -0.15) is 5.10 Å². The van der Waals surface area contributed by atoms with E-state index in [0.717, 1.165) is 35.4 Å². The summed E-state index contributed by atoms with van der Waals surface area (Å²) < 4.78 is 1.72. The second-order valence-electron chi connectivity index (χ2n) is 6.32. The molecule has 0 aliphatic rings. The summed E-state index contributed by atoms with van der Waals surface area (Å²) in [6.45, 7) is 5.02. The first-order chi connectivity index (χ1) is 11.6. The van der Waals surface area contributed by atoms with Crippen molar-refractivity contribution in [2.75, 3.05) is 5.32 Å². The number of carbonyl (C=O) groups is 1. The Morgan fingerprint density at radius 2 is 2.25 bits per heavy atom. The van der Waals surface area contributed by atoms with Crippen LogP contribution in [0.4, 0.5) is 5.69 Å². The summed E-state index contributed by atoms with van der Waals surface area (Å²) in [4.78, 5) is 23.8. The van der Waals surface area contributed by atoms with Gasteiger partial charge >= 0.3 is 0 Å². The number of hydrogen-bond donors (Lipinski definition) is 2. The van der Waals surface area contributed by atoms with Gasteiger partial charge in [0.25, 0.3) is 0 Å². The largest absolute Gasteiger partial charge is 0.342 e. The topological polar surface area (TPSA) is 88.5 Å². The van der Waals surface area contributed by atoms with Crippen LogP contribution in [0.3, 0.4) is 0 Å². The highest BCUT2D eigenvalue weighted by Gasteiger charge is 2.07. The van der Waals surface area contributed by atoms with Crippen molar-refractivity contribution in [3.63, 3.8) is 0 Å². The van der Waals surface area contributed by atoms with Crippen molar-refractivity contribution in [1.82, 2.24) is 24.7 Å². The van der Waals surface area contributed by atoms with Gasteiger partial charge in [-0.1, -0.05) is 13.8 Å². The molecule has 126 valence electrons. The van der Waals surface area contributed by atoms with Gasteiger partial charge < -0.3 is 10.3 Å². The van der Waals surface area contributed by atoms with Crippen LogP contribution in [0.1, 0.15) is 32.5 Å². The Balaban J connectivity index is 1.56. The molecule has 1 aromatic carbocycles. The zero-order chi connectivity index (χ0) is 16.9. The quantitative estimate of drug-likeness (QED) is 0.699. The lowest BCUT2D eigenvalue weighted by Crippen LogP contribution is -2.12. The number of nitrogens with zero attached hydrogens (tertiary/aromatic N) is 4. The van der Waals surface area contributed by atoms with Gasteiger partial charge in [0.05, 0.1) is 11.0 Å². The Kier molecular flexibility index (Phi) is 4.88. The molecule has 0 spiro atoms. The SMILES string of the molecule is CC(C)Cc1nc2ccc(NC(=O)CCCn3cncn3)cc2[nH]1. The second-order valence-corrected chi connectivity index (χ2v) is 6.32. The lowest BCUT2D eigenvalue weighted by molar-refractivity contribution is -0.116. The molecule has 0 saturated heterocycles. The molecular weight excluding hydrogens is 304 g/mol. The van der Waals surface area contributed by atoms with Crippen LogP contribution in [0.25, 0.3) is 11.0 Å². The molecule has 2 aromatic heterocycles. The van der Waals surface area contributed by atoms with Crippen LogP contribution >= 0.6 is 0 Å². The van der Waals surface area contributed by atoms with Gasteiger partial charge in [0.15, 0.2) is 0 Å². The molecule has 0 bridgehead atoms.